The maximum absolute atomic E-state index is 13.1. The lowest BCUT2D eigenvalue weighted by Gasteiger charge is -2.23. The van der Waals surface area contributed by atoms with E-state index in [1.165, 1.54) is 38.4 Å². The second-order valence-corrected chi connectivity index (χ2v) is 8.75. The Balaban J connectivity index is 1.80. The topological polar surface area (TPSA) is 57.7 Å². The van der Waals surface area contributed by atoms with Crippen LogP contribution in [0.2, 0.25) is 0 Å². The Kier molecular flexibility index (Phi) is 5.11. The number of halogens is 1. The molecule has 0 bridgehead atoms. The van der Waals surface area contributed by atoms with E-state index in [1.54, 1.807) is 29.2 Å². The number of benzene rings is 2. The largest absolute Gasteiger partial charge is 0.331 e. The standard InChI is InChI=1S/C19H21FN2O3S/c1-21(2)26(24,25)18-11-5-15(6-12-18)19(23)22(17-9-10-17)13-14-3-7-16(20)8-4-14/h3-8,11-12,17H,9-10,13H2,1-2H3. The van der Waals surface area contributed by atoms with Gasteiger partial charge in [0.25, 0.3) is 5.91 Å². The van der Waals surface area contributed by atoms with Gasteiger partial charge in [-0.25, -0.2) is 17.1 Å². The predicted molar refractivity (Wildman–Crippen MR) is 96.6 cm³/mol. The van der Waals surface area contributed by atoms with Crippen molar-refractivity contribution in [2.45, 2.75) is 30.3 Å². The predicted octanol–water partition coefficient (Wildman–Crippen LogP) is 2.88. The highest BCUT2D eigenvalue weighted by Crippen LogP contribution is 2.30. The number of carbonyl (C=O) groups excluding carboxylic acids is 1. The lowest BCUT2D eigenvalue weighted by atomic mass is 10.1. The lowest BCUT2D eigenvalue weighted by molar-refractivity contribution is 0.0730. The average molecular weight is 376 g/mol. The van der Waals surface area contributed by atoms with Crippen molar-refractivity contribution in [2.24, 2.45) is 0 Å². The van der Waals surface area contributed by atoms with Crippen molar-refractivity contribution < 1.29 is 17.6 Å². The summed E-state index contributed by atoms with van der Waals surface area (Å²) in [6.45, 7) is 0.404. The number of amides is 1. The fourth-order valence-electron chi connectivity index (χ4n) is 2.69. The third kappa shape index (κ3) is 3.94. The second kappa shape index (κ2) is 7.17. The van der Waals surface area contributed by atoms with Gasteiger partial charge in [0.05, 0.1) is 4.90 Å². The number of hydrogen-bond donors (Lipinski definition) is 0. The molecule has 0 heterocycles. The summed E-state index contributed by atoms with van der Waals surface area (Å²) in [5.41, 5.74) is 1.30. The molecule has 7 heteroatoms. The van der Waals surface area contributed by atoms with Gasteiger partial charge in [0.1, 0.15) is 5.82 Å². The van der Waals surface area contributed by atoms with Gasteiger partial charge < -0.3 is 4.90 Å². The molecule has 138 valence electrons. The van der Waals surface area contributed by atoms with E-state index in [1.807, 2.05) is 0 Å². The molecule has 5 nitrogen and oxygen atoms in total. The van der Waals surface area contributed by atoms with Crippen molar-refractivity contribution in [2.75, 3.05) is 14.1 Å². The molecule has 2 aromatic carbocycles. The molecule has 1 aliphatic rings. The second-order valence-electron chi connectivity index (χ2n) is 6.60. The van der Waals surface area contributed by atoms with Crippen molar-refractivity contribution in [1.29, 1.82) is 0 Å². The van der Waals surface area contributed by atoms with Gasteiger partial charge in [0, 0.05) is 32.2 Å². The van der Waals surface area contributed by atoms with Gasteiger partial charge in [-0.15, -0.1) is 0 Å². The van der Waals surface area contributed by atoms with E-state index >= 15 is 0 Å². The van der Waals surface area contributed by atoms with E-state index < -0.39 is 10.0 Å². The van der Waals surface area contributed by atoms with Crippen LogP contribution >= 0.6 is 0 Å². The summed E-state index contributed by atoms with van der Waals surface area (Å²) in [6, 6.07) is 12.3. The van der Waals surface area contributed by atoms with E-state index in [-0.39, 0.29) is 22.7 Å². The number of sulfonamides is 1. The van der Waals surface area contributed by atoms with Crippen LogP contribution in [-0.2, 0) is 16.6 Å². The zero-order valence-electron chi connectivity index (χ0n) is 14.7. The first-order valence-electron chi connectivity index (χ1n) is 8.37. The molecule has 1 amide bonds. The molecule has 0 aromatic heterocycles. The van der Waals surface area contributed by atoms with Gasteiger partial charge in [-0.2, -0.15) is 0 Å². The van der Waals surface area contributed by atoms with Gasteiger partial charge in [-0.3, -0.25) is 4.79 Å². The van der Waals surface area contributed by atoms with Crippen LogP contribution in [0.25, 0.3) is 0 Å². The molecule has 0 radical (unpaired) electrons. The molecule has 1 fully saturated rings. The zero-order chi connectivity index (χ0) is 18.9. The monoisotopic (exact) mass is 376 g/mol. The van der Waals surface area contributed by atoms with Crippen LogP contribution in [0.3, 0.4) is 0 Å². The first-order chi connectivity index (χ1) is 12.3. The quantitative estimate of drug-likeness (QED) is 0.779. The number of carbonyl (C=O) groups is 1. The first-order valence-corrected chi connectivity index (χ1v) is 9.81. The van der Waals surface area contributed by atoms with Gasteiger partial charge in [0.15, 0.2) is 0 Å². The van der Waals surface area contributed by atoms with Gasteiger partial charge >= 0.3 is 0 Å². The molecular weight excluding hydrogens is 355 g/mol. The highest BCUT2D eigenvalue weighted by Gasteiger charge is 2.33. The molecular formula is C19H21FN2O3S. The number of nitrogens with zero attached hydrogens (tertiary/aromatic N) is 2. The van der Waals surface area contributed by atoms with Crippen molar-refractivity contribution >= 4 is 15.9 Å². The number of hydrogen-bond acceptors (Lipinski definition) is 3. The van der Waals surface area contributed by atoms with E-state index in [4.69, 9.17) is 0 Å². The summed E-state index contributed by atoms with van der Waals surface area (Å²) in [5.74, 6) is -0.457. The lowest BCUT2D eigenvalue weighted by Crippen LogP contribution is -2.32. The molecule has 26 heavy (non-hydrogen) atoms. The van der Waals surface area contributed by atoms with Crippen LogP contribution in [0.5, 0.6) is 0 Å². The molecule has 0 atom stereocenters. The summed E-state index contributed by atoms with van der Waals surface area (Å²) in [6.07, 6.45) is 1.89. The fraction of sp³-hybridized carbons (Fsp3) is 0.316. The summed E-state index contributed by atoms with van der Waals surface area (Å²) in [7, 11) is -0.595. The SMILES string of the molecule is CN(C)S(=O)(=O)c1ccc(C(=O)N(Cc2ccc(F)cc2)C2CC2)cc1. The Hall–Kier alpha value is -2.25. The Morgan fingerprint density at radius 1 is 1.04 bits per heavy atom. The molecule has 1 saturated carbocycles. The molecule has 0 saturated heterocycles. The summed E-state index contributed by atoms with van der Waals surface area (Å²) >= 11 is 0. The van der Waals surface area contributed by atoms with Crippen LogP contribution in [0, 0.1) is 5.82 Å². The third-order valence-electron chi connectivity index (χ3n) is 4.39. The van der Waals surface area contributed by atoms with E-state index in [0.717, 1.165) is 22.7 Å². The Morgan fingerprint density at radius 3 is 2.12 bits per heavy atom. The molecule has 0 unspecified atom stereocenters. The van der Waals surface area contributed by atoms with E-state index in [9.17, 15) is 17.6 Å². The summed E-state index contributed by atoms with van der Waals surface area (Å²) in [4.78, 5) is 14.8. The molecule has 0 N–H and O–H groups in total. The molecule has 0 aliphatic heterocycles. The Labute approximate surface area is 153 Å². The smallest absolute Gasteiger partial charge is 0.254 e. The zero-order valence-corrected chi connectivity index (χ0v) is 15.5. The highest BCUT2D eigenvalue weighted by atomic mass is 32.2. The Morgan fingerprint density at radius 2 is 1.62 bits per heavy atom. The maximum Gasteiger partial charge on any atom is 0.254 e. The molecule has 1 aliphatic carbocycles. The number of rotatable bonds is 6. The van der Waals surface area contributed by atoms with E-state index in [2.05, 4.69) is 0 Å². The van der Waals surface area contributed by atoms with E-state index in [0.29, 0.717) is 12.1 Å². The molecule has 3 rings (SSSR count). The normalized spacial score (nSPS) is 14.5. The van der Waals surface area contributed by atoms with Gasteiger partial charge in [-0.05, 0) is 54.8 Å². The minimum atomic E-state index is -3.52. The minimum Gasteiger partial charge on any atom is -0.331 e. The average Bonchev–Trinajstić information content (AvgIpc) is 3.45. The molecule has 0 spiro atoms. The van der Waals surface area contributed by atoms with Crippen LogP contribution < -0.4 is 0 Å². The maximum atomic E-state index is 13.1. The van der Waals surface area contributed by atoms with Crippen molar-refractivity contribution in [3.05, 3.63) is 65.5 Å². The van der Waals surface area contributed by atoms with Crippen LogP contribution in [-0.4, -0.2) is 43.7 Å². The summed E-state index contributed by atoms with van der Waals surface area (Å²) in [5, 5.41) is 0. The van der Waals surface area contributed by atoms with Crippen molar-refractivity contribution in [3.8, 4) is 0 Å². The van der Waals surface area contributed by atoms with Crippen LogP contribution in [0.4, 0.5) is 4.39 Å². The fourth-order valence-corrected chi connectivity index (χ4v) is 3.59. The van der Waals surface area contributed by atoms with Gasteiger partial charge in [-0.1, -0.05) is 12.1 Å². The highest BCUT2D eigenvalue weighted by molar-refractivity contribution is 7.89. The first kappa shape index (κ1) is 18.5. The van der Waals surface area contributed by atoms with Crippen LogP contribution in [0.15, 0.2) is 53.4 Å². The van der Waals surface area contributed by atoms with Crippen molar-refractivity contribution in [3.63, 3.8) is 0 Å². The minimum absolute atomic E-state index is 0.148. The summed E-state index contributed by atoms with van der Waals surface area (Å²) < 4.78 is 38.5. The molecule has 2 aromatic rings. The third-order valence-corrected chi connectivity index (χ3v) is 6.22. The van der Waals surface area contributed by atoms with Crippen LogP contribution in [0.1, 0.15) is 28.8 Å². The Bertz CT molecular complexity index is 889. The van der Waals surface area contributed by atoms with Gasteiger partial charge in [0.2, 0.25) is 10.0 Å². The van der Waals surface area contributed by atoms with Crippen molar-refractivity contribution in [1.82, 2.24) is 9.21 Å².